The number of anilines is 1. The number of benzene rings is 2. The van der Waals surface area contributed by atoms with Crippen molar-refractivity contribution in [1.29, 1.82) is 0 Å². The number of amides is 1. The number of hydrogen-bond acceptors (Lipinski definition) is 4. The smallest absolute Gasteiger partial charge is 0.368 e. The van der Waals surface area contributed by atoms with E-state index in [4.69, 9.17) is 0 Å². The lowest BCUT2D eigenvalue weighted by Crippen LogP contribution is -2.48. The molecule has 166 valence electrons. The molecule has 3 rings (SSSR count). The zero-order valence-electron chi connectivity index (χ0n) is 15.7. The Hall–Kier alpha value is -3.31. The van der Waals surface area contributed by atoms with Crippen molar-refractivity contribution in [2.45, 2.75) is 12.4 Å². The van der Waals surface area contributed by atoms with Crippen LogP contribution in [0.5, 0.6) is 0 Å². The van der Waals surface area contributed by atoms with E-state index in [1.54, 1.807) is 11.0 Å². The Balaban J connectivity index is 1.79. The molecule has 12 heteroatoms. The van der Waals surface area contributed by atoms with Gasteiger partial charge in [-0.3, -0.25) is 14.9 Å². The maximum atomic E-state index is 13.0. The first-order valence-corrected chi connectivity index (χ1v) is 8.94. The monoisotopic (exact) mass is 447 g/mol. The summed E-state index contributed by atoms with van der Waals surface area (Å²) in [5.74, 6) is -0.949. The molecule has 0 N–H and O–H groups in total. The molecule has 1 amide bonds. The summed E-state index contributed by atoms with van der Waals surface area (Å²) in [5.41, 5.74) is -3.41. The van der Waals surface area contributed by atoms with Crippen LogP contribution in [0.2, 0.25) is 0 Å². The average Bonchev–Trinajstić information content (AvgIpc) is 2.72. The summed E-state index contributed by atoms with van der Waals surface area (Å²) in [4.78, 5) is 25.9. The molecule has 0 saturated carbocycles. The molecule has 31 heavy (non-hydrogen) atoms. The Kier molecular flexibility index (Phi) is 5.83. The van der Waals surface area contributed by atoms with Crippen LogP contribution in [-0.2, 0) is 12.4 Å². The quantitative estimate of drug-likeness (QED) is 0.392. The summed E-state index contributed by atoms with van der Waals surface area (Å²) in [6.45, 7) is 0.467. The van der Waals surface area contributed by atoms with Gasteiger partial charge in [0, 0.05) is 49.6 Å². The van der Waals surface area contributed by atoms with Crippen LogP contribution < -0.4 is 4.90 Å². The highest BCUT2D eigenvalue weighted by Crippen LogP contribution is 2.36. The van der Waals surface area contributed by atoms with E-state index in [0.717, 1.165) is 4.90 Å². The van der Waals surface area contributed by atoms with Gasteiger partial charge in [0.1, 0.15) is 0 Å². The topological polar surface area (TPSA) is 66.7 Å². The molecule has 1 heterocycles. The first-order valence-electron chi connectivity index (χ1n) is 8.94. The Morgan fingerprint density at radius 2 is 1.42 bits per heavy atom. The maximum absolute atomic E-state index is 13.0. The van der Waals surface area contributed by atoms with Gasteiger partial charge in [-0.2, -0.15) is 26.3 Å². The van der Waals surface area contributed by atoms with Crippen LogP contribution in [0, 0.1) is 10.1 Å². The van der Waals surface area contributed by atoms with Gasteiger partial charge in [-0.05, 0) is 24.3 Å². The van der Waals surface area contributed by atoms with Gasteiger partial charge in [-0.15, -0.1) is 0 Å². The number of carbonyl (C=O) groups is 1. The Morgan fingerprint density at radius 3 is 1.90 bits per heavy atom. The number of alkyl halides is 6. The fourth-order valence-corrected chi connectivity index (χ4v) is 3.23. The van der Waals surface area contributed by atoms with E-state index in [0.29, 0.717) is 17.8 Å². The Labute approximate surface area is 171 Å². The lowest BCUT2D eigenvalue weighted by atomic mass is 10.0. The van der Waals surface area contributed by atoms with Crippen molar-refractivity contribution in [3.05, 3.63) is 69.3 Å². The highest BCUT2D eigenvalue weighted by Gasteiger charge is 2.38. The number of non-ortho nitro benzene ring substituents is 1. The second-order valence-electron chi connectivity index (χ2n) is 6.85. The molecule has 1 fully saturated rings. The summed E-state index contributed by atoms with van der Waals surface area (Å²) in [6, 6.07) is 6.57. The van der Waals surface area contributed by atoms with Gasteiger partial charge in [0.25, 0.3) is 11.6 Å². The molecule has 2 aromatic rings. The van der Waals surface area contributed by atoms with Gasteiger partial charge in [-0.1, -0.05) is 6.07 Å². The number of carbonyl (C=O) groups excluding carboxylic acids is 1. The van der Waals surface area contributed by atoms with E-state index in [1.165, 1.54) is 18.2 Å². The molecule has 2 aromatic carbocycles. The van der Waals surface area contributed by atoms with Crippen molar-refractivity contribution in [1.82, 2.24) is 4.90 Å². The van der Waals surface area contributed by atoms with Crippen LogP contribution in [0.1, 0.15) is 21.5 Å². The SMILES string of the molecule is O=C(c1cc(C(F)(F)F)cc(C(F)(F)F)c1)N1CCN(c2cccc([N+](=O)[O-])c2)CC1. The Morgan fingerprint density at radius 1 is 0.871 bits per heavy atom. The summed E-state index contributed by atoms with van der Waals surface area (Å²) in [5, 5.41) is 10.9. The minimum atomic E-state index is -5.04. The molecule has 0 radical (unpaired) electrons. The maximum Gasteiger partial charge on any atom is 0.416 e. The summed E-state index contributed by atoms with van der Waals surface area (Å²) in [7, 11) is 0. The van der Waals surface area contributed by atoms with Crippen molar-refractivity contribution < 1.29 is 36.1 Å². The summed E-state index contributed by atoms with van der Waals surface area (Å²) < 4.78 is 78.1. The number of nitro groups is 1. The third-order valence-corrected chi connectivity index (χ3v) is 4.81. The number of nitrogens with zero attached hydrogens (tertiary/aromatic N) is 3. The van der Waals surface area contributed by atoms with Gasteiger partial charge >= 0.3 is 12.4 Å². The highest BCUT2D eigenvalue weighted by molar-refractivity contribution is 5.95. The fourth-order valence-electron chi connectivity index (χ4n) is 3.23. The second-order valence-corrected chi connectivity index (χ2v) is 6.85. The molecule has 1 saturated heterocycles. The fraction of sp³-hybridized carbons (Fsp3) is 0.316. The third kappa shape index (κ3) is 5.06. The van der Waals surface area contributed by atoms with E-state index in [2.05, 4.69) is 0 Å². The lowest BCUT2D eigenvalue weighted by Gasteiger charge is -2.36. The molecule has 1 aliphatic heterocycles. The molecule has 0 aliphatic carbocycles. The van der Waals surface area contributed by atoms with Crippen LogP contribution in [0.25, 0.3) is 0 Å². The van der Waals surface area contributed by atoms with Gasteiger partial charge in [-0.25, -0.2) is 0 Å². The zero-order valence-corrected chi connectivity index (χ0v) is 15.7. The molecule has 0 spiro atoms. The van der Waals surface area contributed by atoms with Crippen LogP contribution >= 0.6 is 0 Å². The van der Waals surface area contributed by atoms with Crippen molar-refractivity contribution in [2.75, 3.05) is 31.1 Å². The van der Waals surface area contributed by atoms with Crippen LogP contribution in [0.4, 0.5) is 37.7 Å². The number of halogens is 6. The van der Waals surface area contributed by atoms with Gasteiger partial charge in [0.15, 0.2) is 0 Å². The van der Waals surface area contributed by atoms with E-state index in [-0.39, 0.29) is 37.9 Å². The van der Waals surface area contributed by atoms with Crippen molar-refractivity contribution >= 4 is 17.3 Å². The highest BCUT2D eigenvalue weighted by atomic mass is 19.4. The number of hydrogen-bond donors (Lipinski definition) is 0. The van der Waals surface area contributed by atoms with Gasteiger partial charge in [0.05, 0.1) is 16.1 Å². The lowest BCUT2D eigenvalue weighted by molar-refractivity contribution is -0.384. The van der Waals surface area contributed by atoms with Crippen molar-refractivity contribution in [2.24, 2.45) is 0 Å². The average molecular weight is 447 g/mol. The first kappa shape index (κ1) is 22.4. The predicted octanol–water partition coefficient (Wildman–Crippen LogP) is 4.59. The van der Waals surface area contributed by atoms with E-state index >= 15 is 0 Å². The molecule has 6 nitrogen and oxygen atoms in total. The number of rotatable bonds is 3. The molecule has 0 unspecified atom stereocenters. The van der Waals surface area contributed by atoms with Crippen molar-refractivity contribution in [3.63, 3.8) is 0 Å². The van der Waals surface area contributed by atoms with E-state index in [1.807, 2.05) is 0 Å². The first-order chi connectivity index (χ1) is 14.4. The standard InChI is InChI=1S/C19H15F6N3O3/c20-18(21,22)13-8-12(9-14(10-13)19(23,24)25)17(29)27-6-4-26(5-7-27)15-2-1-3-16(11-15)28(30)31/h1-3,8-11H,4-7H2. The van der Waals surface area contributed by atoms with E-state index in [9.17, 15) is 41.3 Å². The molecule has 0 aromatic heterocycles. The third-order valence-electron chi connectivity index (χ3n) is 4.81. The van der Waals surface area contributed by atoms with Crippen LogP contribution in [-0.4, -0.2) is 41.9 Å². The Bertz CT molecular complexity index is 966. The normalized spacial score (nSPS) is 15.2. The number of nitro benzene ring substituents is 1. The van der Waals surface area contributed by atoms with Crippen molar-refractivity contribution in [3.8, 4) is 0 Å². The van der Waals surface area contributed by atoms with Crippen LogP contribution in [0.3, 0.4) is 0 Å². The van der Waals surface area contributed by atoms with Gasteiger partial charge in [0.2, 0.25) is 0 Å². The molecular formula is C19H15F6N3O3. The minimum absolute atomic E-state index is 0.0269. The molecule has 0 atom stereocenters. The van der Waals surface area contributed by atoms with E-state index < -0.39 is 39.9 Å². The summed E-state index contributed by atoms with van der Waals surface area (Å²) in [6.07, 6.45) is -10.1. The number of piperazine rings is 1. The second kappa shape index (κ2) is 8.08. The molecular weight excluding hydrogens is 432 g/mol. The molecule has 0 bridgehead atoms. The molecule has 1 aliphatic rings. The largest absolute Gasteiger partial charge is 0.416 e. The zero-order chi connectivity index (χ0) is 23.0. The predicted molar refractivity (Wildman–Crippen MR) is 97.7 cm³/mol. The minimum Gasteiger partial charge on any atom is -0.368 e. The summed E-state index contributed by atoms with van der Waals surface area (Å²) >= 11 is 0. The van der Waals surface area contributed by atoms with Crippen LogP contribution in [0.15, 0.2) is 42.5 Å². The van der Waals surface area contributed by atoms with Gasteiger partial charge < -0.3 is 9.80 Å².